The third kappa shape index (κ3) is 4.88. The van der Waals surface area contributed by atoms with Crippen molar-refractivity contribution in [2.75, 3.05) is 37.9 Å². The smallest absolute Gasteiger partial charge is 0.0880 e. The van der Waals surface area contributed by atoms with Gasteiger partial charge in [-0.05, 0) is 31.8 Å². The first kappa shape index (κ1) is 13.4. The van der Waals surface area contributed by atoms with Gasteiger partial charge in [-0.25, -0.2) is 0 Å². The minimum Gasteiger partial charge on any atom is -0.399 e. The molecule has 1 aromatic rings. The van der Waals surface area contributed by atoms with Crippen molar-refractivity contribution < 1.29 is 5.11 Å². The first-order valence-electron chi connectivity index (χ1n) is 5.35. The minimum absolute atomic E-state index is 0.396. The lowest BCUT2D eigenvalue weighted by atomic mass is 10.1. The molecule has 1 rings (SSSR count). The van der Waals surface area contributed by atoms with Crippen LogP contribution in [0.15, 0.2) is 24.3 Å². The van der Waals surface area contributed by atoms with E-state index in [2.05, 4.69) is 19.0 Å². The third-order valence-corrected chi connectivity index (χ3v) is 3.30. The van der Waals surface area contributed by atoms with Crippen LogP contribution in [0.3, 0.4) is 0 Å². The largest absolute Gasteiger partial charge is 0.399 e. The molecule has 0 saturated carbocycles. The molecule has 0 aliphatic heterocycles. The molecule has 0 aliphatic rings. The first-order chi connectivity index (χ1) is 7.59. The molecule has 0 amide bonds. The van der Waals surface area contributed by atoms with Crippen LogP contribution in [-0.4, -0.2) is 42.2 Å². The number of nitrogens with two attached hydrogens (primary N) is 1. The fraction of sp³-hybridized carbons (Fsp3) is 0.500. The maximum absolute atomic E-state index is 9.90. The van der Waals surface area contributed by atoms with Crippen LogP contribution in [0.5, 0.6) is 0 Å². The average Bonchev–Trinajstić information content (AvgIpc) is 2.25. The molecule has 4 heteroatoms. The Labute approximate surface area is 102 Å². The summed E-state index contributed by atoms with van der Waals surface area (Å²) in [4.78, 5) is 2.14. The van der Waals surface area contributed by atoms with E-state index in [-0.39, 0.29) is 0 Å². The molecule has 3 N–H and O–H groups in total. The van der Waals surface area contributed by atoms with E-state index in [4.69, 9.17) is 5.73 Å². The summed E-state index contributed by atoms with van der Waals surface area (Å²) in [6, 6.07) is 7.41. The second kappa shape index (κ2) is 6.78. The van der Waals surface area contributed by atoms with E-state index in [1.165, 1.54) is 0 Å². The zero-order chi connectivity index (χ0) is 12.0. The van der Waals surface area contributed by atoms with E-state index in [0.29, 0.717) is 0 Å². The van der Waals surface area contributed by atoms with Crippen LogP contribution in [0.25, 0.3) is 0 Å². The van der Waals surface area contributed by atoms with Gasteiger partial charge in [0.25, 0.3) is 0 Å². The van der Waals surface area contributed by atoms with Gasteiger partial charge >= 0.3 is 0 Å². The lowest BCUT2D eigenvalue weighted by Gasteiger charge is -2.12. The molecule has 1 aromatic carbocycles. The average molecular weight is 240 g/mol. The summed E-state index contributed by atoms with van der Waals surface area (Å²) in [7, 11) is 4.11. The minimum atomic E-state index is -0.396. The number of anilines is 1. The van der Waals surface area contributed by atoms with Gasteiger partial charge in [-0.2, -0.15) is 11.8 Å². The zero-order valence-electron chi connectivity index (χ0n) is 9.89. The maximum Gasteiger partial charge on any atom is 0.0880 e. The van der Waals surface area contributed by atoms with Gasteiger partial charge in [-0.3, -0.25) is 0 Å². The lowest BCUT2D eigenvalue weighted by Crippen LogP contribution is -2.15. The zero-order valence-corrected chi connectivity index (χ0v) is 10.7. The van der Waals surface area contributed by atoms with Gasteiger partial charge in [0, 0.05) is 23.7 Å². The van der Waals surface area contributed by atoms with Crippen LogP contribution in [0.2, 0.25) is 0 Å². The van der Waals surface area contributed by atoms with Crippen molar-refractivity contribution in [3.63, 3.8) is 0 Å². The molecule has 0 aromatic heterocycles. The third-order valence-electron chi connectivity index (χ3n) is 2.28. The molecular weight excluding hydrogens is 220 g/mol. The van der Waals surface area contributed by atoms with Gasteiger partial charge in [0.2, 0.25) is 0 Å². The van der Waals surface area contributed by atoms with Gasteiger partial charge in [-0.15, -0.1) is 0 Å². The number of nitrogens with zero attached hydrogens (tertiary/aromatic N) is 1. The Balaban J connectivity index is 2.29. The summed E-state index contributed by atoms with van der Waals surface area (Å²) < 4.78 is 0. The number of hydrogen-bond acceptors (Lipinski definition) is 4. The molecule has 1 atom stereocenters. The second-order valence-corrected chi connectivity index (χ2v) is 5.21. The molecule has 90 valence electrons. The van der Waals surface area contributed by atoms with Crippen LogP contribution in [0.1, 0.15) is 11.7 Å². The monoisotopic (exact) mass is 240 g/mol. The van der Waals surface area contributed by atoms with Crippen LogP contribution in [0, 0.1) is 0 Å². The summed E-state index contributed by atoms with van der Waals surface area (Å²) in [6.07, 6.45) is -0.396. The highest BCUT2D eigenvalue weighted by Gasteiger charge is 2.06. The Kier molecular flexibility index (Phi) is 5.66. The summed E-state index contributed by atoms with van der Waals surface area (Å²) in [5, 5.41) is 9.90. The molecule has 0 saturated heterocycles. The highest BCUT2D eigenvalue weighted by Crippen LogP contribution is 2.19. The van der Waals surface area contributed by atoms with Crippen molar-refractivity contribution in [3.05, 3.63) is 29.8 Å². The molecule has 16 heavy (non-hydrogen) atoms. The fourth-order valence-corrected chi connectivity index (χ4v) is 2.33. The van der Waals surface area contributed by atoms with Crippen molar-refractivity contribution >= 4 is 17.4 Å². The van der Waals surface area contributed by atoms with E-state index in [0.717, 1.165) is 29.3 Å². The van der Waals surface area contributed by atoms with Gasteiger partial charge in [-0.1, -0.05) is 12.1 Å². The predicted molar refractivity (Wildman–Crippen MR) is 71.7 cm³/mol. The SMILES string of the molecule is CN(C)CCSCC(O)c1ccc(N)cc1. The number of benzene rings is 1. The molecule has 1 unspecified atom stereocenters. The molecule has 3 nitrogen and oxygen atoms in total. The van der Waals surface area contributed by atoms with E-state index in [9.17, 15) is 5.11 Å². The van der Waals surface area contributed by atoms with Crippen molar-refractivity contribution in [3.8, 4) is 0 Å². The van der Waals surface area contributed by atoms with E-state index < -0.39 is 6.10 Å². The summed E-state index contributed by atoms with van der Waals surface area (Å²) in [5.41, 5.74) is 7.26. The van der Waals surface area contributed by atoms with Crippen LogP contribution in [0.4, 0.5) is 5.69 Å². The molecule has 0 radical (unpaired) electrons. The molecule has 0 fully saturated rings. The van der Waals surface area contributed by atoms with Crippen molar-refractivity contribution in [1.82, 2.24) is 4.90 Å². The summed E-state index contributed by atoms with van der Waals surface area (Å²) >= 11 is 1.77. The highest BCUT2D eigenvalue weighted by molar-refractivity contribution is 7.99. The lowest BCUT2D eigenvalue weighted by molar-refractivity contribution is 0.204. The Morgan fingerprint density at radius 3 is 2.50 bits per heavy atom. The Hall–Kier alpha value is -0.710. The topological polar surface area (TPSA) is 49.5 Å². The van der Waals surface area contributed by atoms with E-state index >= 15 is 0 Å². The quantitative estimate of drug-likeness (QED) is 0.586. The van der Waals surface area contributed by atoms with Gasteiger partial charge in [0.05, 0.1) is 6.10 Å². The normalized spacial score (nSPS) is 13.0. The van der Waals surface area contributed by atoms with Crippen molar-refractivity contribution in [1.29, 1.82) is 0 Å². The van der Waals surface area contributed by atoms with Crippen molar-refractivity contribution in [2.24, 2.45) is 0 Å². The molecule has 0 heterocycles. The van der Waals surface area contributed by atoms with Crippen LogP contribution < -0.4 is 5.73 Å². The summed E-state index contributed by atoms with van der Waals surface area (Å²) in [5.74, 6) is 1.77. The number of aliphatic hydroxyl groups is 1. The van der Waals surface area contributed by atoms with E-state index in [1.807, 2.05) is 24.3 Å². The van der Waals surface area contributed by atoms with Gasteiger partial charge in [0.1, 0.15) is 0 Å². The van der Waals surface area contributed by atoms with Crippen LogP contribution in [-0.2, 0) is 0 Å². The van der Waals surface area contributed by atoms with Gasteiger partial charge in [0.15, 0.2) is 0 Å². The number of aliphatic hydroxyl groups excluding tert-OH is 1. The first-order valence-corrected chi connectivity index (χ1v) is 6.51. The number of thioether (sulfide) groups is 1. The van der Waals surface area contributed by atoms with Gasteiger partial charge < -0.3 is 15.7 Å². The van der Waals surface area contributed by atoms with Crippen molar-refractivity contribution in [2.45, 2.75) is 6.10 Å². The Morgan fingerprint density at radius 2 is 1.94 bits per heavy atom. The predicted octanol–water partition coefficient (Wildman–Crippen LogP) is 1.60. The Morgan fingerprint density at radius 1 is 1.31 bits per heavy atom. The molecule has 0 aliphatic carbocycles. The number of hydrogen-bond donors (Lipinski definition) is 2. The second-order valence-electron chi connectivity index (χ2n) is 4.06. The number of nitrogen functional groups attached to an aromatic ring is 1. The fourth-order valence-electron chi connectivity index (χ4n) is 1.26. The molecule has 0 spiro atoms. The summed E-state index contributed by atoms with van der Waals surface area (Å²) in [6.45, 7) is 1.04. The number of rotatable bonds is 6. The highest BCUT2D eigenvalue weighted by atomic mass is 32.2. The molecule has 0 bridgehead atoms. The van der Waals surface area contributed by atoms with E-state index in [1.54, 1.807) is 11.8 Å². The van der Waals surface area contributed by atoms with Crippen LogP contribution >= 0.6 is 11.8 Å². The molecular formula is C12H20N2OS. The maximum atomic E-state index is 9.90. The Bertz CT molecular complexity index is 300. The standard InChI is InChI=1S/C12H20N2OS/c1-14(2)7-8-16-9-12(15)10-3-5-11(13)6-4-10/h3-6,12,15H,7-9,13H2,1-2H3.